The zero-order chi connectivity index (χ0) is 14.8. The van der Waals surface area contributed by atoms with Crippen LogP contribution in [0.3, 0.4) is 0 Å². The molecule has 2 rings (SSSR count). The summed E-state index contributed by atoms with van der Waals surface area (Å²) in [7, 11) is 1.83. The molecule has 1 saturated heterocycles. The van der Waals surface area contributed by atoms with E-state index in [4.69, 9.17) is 4.74 Å². The summed E-state index contributed by atoms with van der Waals surface area (Å²) >= 11 is 0. The lowest BCUT2D eigenvalue weighted by Gasteiger charge is -2.26. The fourth-order valence-electron chi connectivity index (χ4n) is 2.65. The van der Waals surface area contributed by atoms with Crippen molar-refractivity contribution < 1.29 is 4.74 Å². The Labute approximate surface area is 152 Å². The van der Waals surface area contributed by atoms with Gasteiger partial charge in [-0.1, -0.05) is 6.42 Å². The molecule has 0 amide bonds. The van der Waals surface area contributed by atoms with E-state index in [1.165, 1.54) is 45.2 Å². The summed E-state index contributed by atoms with van der Waals surface area (Å²) in [5.41, 5.74) is 0. The van der Waals surface area contributed by atoms with Gasteiger partial charge >= 0.3 is 0 Å². The van der Waals surface area contributed by atoms with Crippen LogP contribution in [-0.2, 0) is 4.74 Å². The van der Waals surface area contributed by atoms with Gasteiger partial charge < -0.3 is 20.3 Å². The van der Waals surface area contributed by atoms with E-state index in [1.807, 2.05) is 7.05 Å². The van der Waals surface area contributed by atoms with Gasteiger partial charge in [-0.05, 0) is 51.1 Å². The third-order valence-corrected chi connectivity index (χ3v) is 4.20. The first-order valence-corrected chi connectivity index (χ1v) is 8.63. The van der Waals surface area contributed by atoms with Gasteiger partial charge in [0, 0.05) is 39.9 Å². The Kier molecular flexibility index (Phi) is 11.2. The van der Waals surface area contributed by atoms with E-state index < -0.39 is 0 Å². The zero-order valence-corrected chi connectivity index (χ0v) is 16.3. The molecule has 1 aliphatic carbocycles. The fraction of sp³-hybridized carbons (Fsp3) is 0.938. The third kappa shape index (κ3) is 9.15. The summed E-state index contributed by atoms with van der Waals surface area (Å²) in [6.45, 7) is 7.34. The van der Waals surface area contributed by atoms with E-state index >= 15 is 0 Å². The average molecular weight is 424 g/mol. The van der Waals surface area contributed by atoms with Crippen LogP contribution < -0.4 is 10.6 Å². The molecule has 0 radical (unpaired) electrons. The van der Waals surface area contributed by atoms with E-state index in [2.05, 4.69) is 20.5 Å². The first kappa shape index (κ1) is 20.0. The number of halogens is 1. The molecule has 5 nitrogen and oxygen atoms in total. The maximum absolute atomic E-state index is 5.63. The van der Waals surface area contributed by atoms with E-state index in [1.54, 1.807) is 0 Å². The van der Waals surface area contributed by atoms with Crippen molar-refractivity contribution in [2.24, 2.45) is 10.9 Å². The van der Waals surface area contributed by atoms with Crippen molar-refractivity contribution in [2.45, 2.75) is 38.5 Å². The highest BCUT2D eigenvalue weighted by atomic mass is 127. The van der Waals surface area contributed by atoms with Crippen LogP contribution >= 0.6 is 24.0 Å². The number of hydrogen-bond acceptors (Lipinski definition) is 3. The summed E-state index contributed by atoms with van der Waals surface area (Å²) < 4.78 is 5.63. The summed E-state index contributed by atoms with van der Waals surface area (Å²) in [5.74, 6) is 1.77. The van der Waals surface area contributed by atoms with Crippen LogP contribution in [0.25, 0.3) is 0 Å². The van der Waals surface area contributed by atoms with Crippen LogP contribution in [0.2, 0.25) is 0 Å². The SMILES string of the molecule is CN=C(NCCCOCC1CC1)NCCN1CCCCC1.I. The normalized spacial score (nSPS) is 19.6. The smallest absolute Gasteiger partial charge is 0.191 e. The molecule has 0 aromatic rings. The van der Waals surface area contributed by atoms with E-state index in [0.29, 0.717) is 0 Å². The fourth-order valence-corrected chi connectivity index (χ4v) is 2.65. The molecule has 2 fully saturated rings. The maximum atomic E-state index is 5.63. The highest BCUT2D eigenvalue weighted by molar-refractivity contribution is 14.0. The number of nitrogens with zero attached hydrogens (tertiary/aromatic N) is 2. The van der Waals surface area contributed by atoms with Gasteiger partial charge in [-0.25, -0.2) is 0 Å². The van der Waals surface area contributed by atoms with Crippen LogP contribution in [0.1, 0.15) is 38.5 Å². The Balaban J connectivity index is 0.00000242. The second kappa shape index (κ2) is 12.4. The molecule has 1 heterocycles. The predicted octanol–water partition coefficient (Wildman–Crippen LogP) is 2.07. The molecule has 6 heteroatoms. The number of nitrogens with one attached hydrogen (secondary N) is 2. The monoisotopic (exact) mass is 424 g/mol. The summed E-state index contributed by atoms with van der Waals surface area (Å²) in [5, 5.41) is 6.74. The molecule has 0 atom stereocenters. The van der Waals surface area contributed by atoms with Crippen LogP contribution in [0, 0.1) is 5.92 Å². The second-order valence-corrected chi connectivity index (χ2v) is 6.20. The maximum Gasteiger partial charge on any atom is 0.191 e. The van der Waals surface area contributed by atoms with Gasteiger partial charge in [-0.3, -0.25) is 4.99 Å². The van der Waals surface area contributed by atoms with Crippen LogP contribution in [0.5, 0.6) is 0 Å². The Morgan fingerprint density at radius 2 is 1.86 bits per heavy atom. The molecule has 0 unspecified atom stereocenters. The average Bonchev–Trinajstić information content (AvgIpc) is 3.34. The molecule has 0 bridgehead atoms. The Bertz CT molecular complexity index is 305. The molecule has 0 aromatic carbocycles. The van der Waals surface area contributed by atoms with Crippen molar-refractivity contribution in [1.29, 1.82) is 0 Å². The summed E-state index contributed by atoms with van der Waals surface area (Å²) in [6, 6.07) is 0. The lowest BCUT2D eigenvalue weighted by Crippen LogP contribution is -2.43. The largest absolute Gasteiger partial charge is 0.381 e. The minimum Gasteiger partial charge on any atom is -0.381 e. The molecule has 0 aromatic heterocycles. The van der Waals surface area contributed by atoms with Crippen LogP contribution in [0.4, 0.5) is 0 Å². The standard InChI is InChI=1S/C16H32N4O.HI/c1-17-16(18-8-5-13-21-14-15-6-7-15)19-9-12-20-10-3-2-4-11-20;/h15H,2-14H2,1H3,(H2,17,18,19);1H. The van der Waals surface area contributed by atoms with Crippen molar-refractivity contribution in [2.75, 3.05) is 53.0 Å². The number of guanidine groups is 1. The molecule has 1 aliphatic heterocycles. The molecule has 2 N–H and O–H groups in total. The first-order valence-electron chi connectivity index (χ1n) is 8.63. The van der Waals surface area contributed by atoms with Crippen LogP contribution in [0.15, 0.2) is 4.99 Å². The molecule has 0 spiro atoms. The van der Waals surface area contributed by atoms with Gasteiger partial charge in [-0.15, -0.1) is 24.0 Å². The van der Waals surface area contributed by atoms with Crippen molar-refractivity contribution in [1.82, 2.24) is 15.5 Å². The van der Waals surface area contributed by atoms with Crippen molar-refractivity contribution >= 4 is 29.9 Å². The summed E-state index contributed by atoms with van der Waals surface area (Å²) in [6.07, 6.45) is 7.88. The highest BCUT2D eigenvalue weighted by Gasteiger charge is 2.20. The molecule has 2 aliphatic rings. The van der Waals surface area contributed by atoms with Gasteiger partial charge in [0.15, 0.2) is 5.96 Å². The number of piperidine rings is 1. The molecule has 130 valence electrons. The number of hydrogen-bond donors (Lipinski definition) is 2. The topological polar surface area (TPSA) is 48.9 Å². The number of likely N-dealkylation sites (tertiary alicyclic amines) is 1. The lowest BCUT2D eigenvalue weighted by atomic mass is 10.1. The van der Waals surface area contributed by atoms with E-state index in [9.17, 15) is 0 Å². The van der Waals surface area contributed by atoms with E-state index in [-0.39, 0.29) is 24.0 Å². The predicted molar refractivity (Wildman–Crippen MR) is 103 cm³/mol. The third-order valence-electron chi connectivity index (χ3n) is 4.20. The van der Waals surface area contributed by atoms with E-state index in [0.717, 1.165) is 51.1 Å². The molecular weight excluding hydrogens is 391 g/mol. The number of ether oxygens (including phenoxy) is 1. The lowest BCUT2D eigenvalue weighted by molar-refractivity contribution is 0.123. The van der Waals surface area contributed by atoms with Crippen LogP contribution in [-0.4, -0.2) is 63.8 Å². The van der Waals surface area contributed by atoms with Gasteiger partial charge in [0.25, 0.3) is 0 Å². The van der Waals surface area contributed by atoms with Gasteiger partial charge in [0.1, 0.15) is 0 Å². The number of rotatable bonds is 9. The quantitative estimate of drug-likeness (QED) is 0.258. The Hall–Kier alpha value is -0.0800. The Morgan fingerprint density at radius 1 is 1.14 bits per heavy atom. The first-order chi connectivity index (χ1) is 10.4. The van der Waals surface area contributed by atoms with Crippen molar-refractivity contribution in [3.05, 3.63) is 0 Å². The summed E-state index contributed by atoms with van der Waals surface area (Å²) in [4.78, 5) is 6.80. The molecular formula is C16H33IN4O. The highest BCUT2D eigenvalue weighted by Crippen LogP contribution is 2.28. The van der Waals surface area contributed by atoms with Gasteiger partial charge in [-0.2, -0.15) is 0 Å². The van der Waals surface area contributed by atoms with Gasteiger partial charge in [0.05, 0.1) is 0 Å². The Morgan fingerprint density at radius 3 is 2.55 bits per heavy atom. The minimum atomic E-state index is 0. The van der Waals surface area contributed by atoms with Gasteiger partial charge in [0.2, 0.25) is 0 Å². The minimum absolute atomic E-state index is 0. The molecule has 1 saturated carbocycles. The zero-order valence-electron chi connectivity index (χ0n) is 14.0. The second-order valence-electron chi connectivity index (χ2n) is 6.20. The van der Waals surface area contributed by atoms with Crippen molar-refractivity contribution in [3.63, 3.8) is 0 Å². The molecule has 22 heavy (non-hydrogen) atoms. The van der Waals surface area contributed by atoms with Crippen molar-refractivity contribution in [3.8, 4) is 0 Å². The number of aliphatic imine (C=N–C) groups is 1.